The van der Waals surface area contributed by atoms with Crippen molar-refractivity contribution in [2.24, 2.45) is 10.9 Å². The first kappa shape index (κ1) is 24.3. The van der Waals surface area contributed by atoms with E-state index in [0.717, 1.165) is 0 Å². The Balaban J connectivity index is 2.13. The molecule has 10 heteroatoms. The van der Waals surface area contributed by atoms with Gasteiger partial charge in [-0.1, -0.05) is 42.5 Å². The van der Waals surface area contributed by atoms with Gasteiger partial charge in [0.15, 0.2) is 6.04 Å². The molecule has 0 fully saturated rings. The van der Waals surface area contributed by atoms with Gasteiger partial charge in [0.2, 0.25) is 0 Å². The molecule has 0 spiro atoms. The number of carbonyl (C=O) groups is 3. The Morgan fingerprint density at radius 3 is 2.38 bits per heavy atom. The van der Waals surface area contributed by atoms with Crippen LogP contribution in [0.25, 0.3) is 0 Å². The zero-order chi connectivity index (χ0) is 25.0. The number of ether oxygens (including phenoxy) is 1. The molecule has 0 aromatic heterocycles. The molecule has 0 saturated carbocycles. The molecule has 2 aromatic carbocycles. The largest absolute Gasteiger partial charge is 0.479 e. The Bertz CT molecular complexity index is 1200. The number of nitrogens with zero attached hydrogens (tertiary/aromatic N) is 2. The molecular formula is C24H23N3O7. The van der Waals surface area contributed by atoms with Crippen molar-refractivity contribution in [2.75, 3.05) is 7.11 Å². The van der Waals surface area contributed by atoms with Crippen LogP contribution in [-0.4, -0.2) is 40.7 Å². The highest BCUT2D eigenvalue weighted by Gasteiger charge is 2.42. The van der Waals surface area contributed by atoms with Crippen LogP contribution < -0.4 is 5.32 Å². The molecule has 3 atom stereocenters. The number of nitrogens with one attached hydrogen (secondary N) is 1. The summed E-state index contributed by atoms with van der Waals surface area (Å²) in [5, 5.41) is 23.6. The molecule has 0 saturated heterocycles. The molecule has 34 heavy (non-hydrogen) atoms. The second-order valence-corrected chi connectivity index (χ2v) is 7.74. The standard InChI is InChI=1S/C24H23N3O7/c1-13-18(22(28)26-21(23(29)30)15-8-5-4-6-9-15)20(19(14(2)25-13)24(31)34-3)16-10-7-11-17(12-16)27(32)33/h4-12,19-21H,1-3H3,(H,26,28)(H,29,30). The normalized spacial score (nSPS) is 18.5. The number of rotatable bonds is 7. The Labute approximate surface area is 195 Å². The number of methoxy groups -OCH3 is 1. The third-order valence-electron chi connectivity index (χ3n) is 5.62. The average molecular weight is 465 g/mol. The van der Waals surface area contributed by atoms with Crippen molar-refractivity contribution in [1.29, 1.82) is 0 Å². The number of nitro benzene ring substituents is 1. The molecule has 0 bridgehead atoms. The van der Waals surface area contributed by atoms with E-state index in [2.05, 4.69) is 10.3 Å². The van der Waals surface area contributed by atoms with E-state index in [-0.39, 0.29) is 17.0 Å². The number of carboxylic acids is 1. The summed E-state index contributed by atoms with van der Waals surface area (Å²) in [6.45, 7) is 3.17. The van der Waals surface area contributed by atoms with Crippen molar-refractivity contribution >= 4 is 29.2 Å². The van der Waals surface area contributed by atoms with E-state index in [0.29, 0.717) is 16.8 Å². The predicted molar refractivity (Wildman–Crippen MR) is 122 cm³/mol. The van der Waals surface area contributed by atoms with Crippen LogP contribution in [0.4, 0.5) is 5.69 Å². The van der Waals surface area contributed by atoms with Gasteiger partial charge in [-0.15, -0.1) is 0 Å². The zero-order valence-corrected chi connectivity index (χ0v) is 18.7. The minimum Gasteiger partial charge on any atom is -0.479 e. The van der Waals surface area contributed by atoms with Gasteiger partial charge in [-0.2, -0.15) is 0 Å². The third-order valence-corrected chi connectivity index (χ3v) is 5.62. The molecule has 0 radical (unpaired) electrons. The van der Waals surface area contributed by atoms with Gasteiger partial charge >= 0.3 is 11.9 Å². The van der Waals surface area contributed by atoms with Gasteiger partial charge < -0.3 is 15.2 Å². The maximum absolute atomic E-state index is 13.5. The van der Waals surface area contributed by atoms with E-state index in [4.69, 9.17) is 4.74 Å². The van der Waals surface area contributed by atoms with Gasteiger partial charge in [0.05, 0.1) is 12.0 Å². The predicted octanol–water partition coefficient (Wildman–Crippen LogP) is 3.16. The number of non-ortho nitro benzene ring substituents is 1. The Morgan fingerprint density at radius 2 is 1.79 bits per heavy atom. The van der Waals surface area contributed by atoms with Crippen LogP contribution in [-0.2, 0) is 19.1 Å². The number of carboxylic acid groups (broad SMARTS) is 1. The van der Waals surface area contributed by atoms with Crippen molar-refractivity contribution in [3.8, 4) is 0 Å². The summed E-state index contributed by atoms with van der Waals surface area (Å²) in [5.41, 5.74) is 1.14. The minimum atomic E-state index is -1.36. The van der Waals surface area contributed by atoms with Crippen LogP contribution in [0.5, 0.6) is 0 Å². The van der Waals surface area contributed by atoms with E-state index < -0.39 is 40.6 Å². The molecule has 1 heterocycles. The lowest BCUT2D eigenvalue weighted by atomic mass is 9.75. The minimum absolute atomic E-state index is 0.0312. The highest BCUT2D eigenvalue weighted by atomic mass is 16.6. The van der Waals surface area contributed by atoms with Gasteiger partial charge in [-0.3, -0.25) is 24.7 Å². The molecular weight excluding hydrogens is 442 g/mol. The number of esters is 1. The second kappa shape index (κ2) is 10.1. The van der Waals surface area contributed by atoms with Crippen LogP contribution in [0.3, 0.4) is 0 Å². The number of aliphatic imine (C=N–C) groups is 1. The zero-order valence-electron chi connectivity index (χ0n) is 18.7. The number of carbonyl (C=O) groups excluding carboxylic acids is 2. The first-order valence-corrected chi connectivity index (χ1v) is 10.3. The van der Waals surface area contributed by atoms with E-state index in [1.54, 1.807) is 50.2 Å². The van der Waals surface area contributed by atoms with Gasteiger partial charge in [-0.05, 0) is 25.0 Å². The van der Waals surface area contributed by atoms with Crippen LogP contribution in [0.2, 0.25) is 0 Å². The van der Waals surface area contributed by atoms with Crippen molar-refractivity contribution in [3.63, 3.8) is 0 Å². The summed E-state index contributed by atoms with van der Waals surface area (Å²) in [6, 6.07) is 12.4. The lowest BCUT2D eigenvalue weighted by molar-refractivity contribution is -0.384. The van der Waals surface area contributed by atoms with Crippen molar-refractivity contribution in [1.82, 2.24) is 5.32 Å². The van der Waals surface area contributed by atoms with Crippen LogP contribution in [0, 0.1) is 16.0 Å². The number of hydrogen-bond acceptors (Lipinski definition) is 7. The maximum atomic E-state index is 13.5. The van der Waals surface area contributed by atoms with Gasteiger partial charge in [0.1, 0.15) is 5.92 Å². The summed E-state index contributed by atoms with van der Waals surface area (Å²) >= 11 is 0. The van der Waals surface area contributed by atoms with E-state index in [1.807, 2.05) is 0 Å². The fourth-order valence-corrected chi connectivity index (χ4v) is 4.10. The lowest BCUT2D eigenvalue weighted by Crippen LogP contribution is -2.41. The molecule has 3 rings (SSSR count). The maximum Gasteiger partial charge on any atom is 0.330 e. The first-order valence-electron chi connectivity index (χ1n) is 10.3. The van der Waals surface area contributed by atoms with Crippen LogP contribution in [0.1, 0.15) is 36.9 Å². The molecule has 1 aliphatic heterocycles. The van der Waals surface area contributed by atoms with Crippen molar-refractivity contribution < 1.29 is 29.2 Å². The summed E-state index contributed by atoms with van der Waals surface area (Å²) in [6.07, 6.45) is 0. The average Bonchev–Trinajstić information content (AvgIpc) is 2.81. The highest BCUT2D eigenvalue weighted by molar-refractivity contribution is 6.08. The molecule has 176 valence electrons. The highest BCUT2D eigenvalue weighted by Crippen LogP contribution is 2.40. The topological polar surface area (TPSA) is 148 Å². The molecule has 1 aliphatic rings. The number of allylic oxidation sites excluding steroid dienone is 1. The number of amides is 1. The number of benzene rings is 2. The molecule has 1 amide bonds. The summed E-state index contributed by atoms with van der Waals surface area (Å²) in [4.78, 5) is 53.3. The molecule has 0 aliphatic carbocycles. The van der Waals surface area contributed by atoms with Crippen molar-refractivity contribution in [3.05, 3.63) is 87.1 Å². The molecule has 3 unspecified atom stereocenters. The number of hydrogen-bond donors (Lipinski definition) is 2. The lowest BCUT2D eigenvalue weighted by Gasteiger charge is -2.32. The SMILES string of the molecule is COC(=O)C1C(C)=NC(C)=C(C(=O)NC(C(=O)O)c2ccccc2)C1c1cccc([N+](=O)[O-])c1. The number of aliphatic carboxylic acids is 1. The quantitative estimate of drug-likeness (QED) is 0.362. The Morgan fingerprint density at radius 1 is 1.12 bits per heavy atom. The van der Waals surface area contributed by atoms with E-state index in [1.165, 1.54) is 25.3 Å². The molecule has 10 nitrogen and oxygen atoms in total. The Hall–Kier alpha value is -4.34. The molecule has 2 N–H and O–H groups in total. The van der Waals surface area contributed by atoms with Crippen molar-refractivity contribution in [2.45, 2.75) is 25.8 Å². The van der Waals surface area contributed by atoms with Gasteiger partial charge in [-0.25, -0.2) is 4.79 Å². The fourth-order valence-electron chi connectivity index (χ4n) is 4.10. The monoisotopic (exact) mass is 465 g/mol. The fraction of sp³-hybridized carbons (Fsp3) is 0.250. The second-order valence-electron chi connectivity index (χ2n) is 7.74. The summed E-state index contributed by atoms with van der Waals surface area (Å²) < 4.78 is 4.94. The van der Waals surface area contributed by atoms with Gasteiger partial charge in [0, 0.05) is 35.0 Å². The summed E-state index contributed by atoms with van der Waals surface area (Å²) in [7, 11) is 1.20. The van der Waals surface area contributed by atoms with Crippen LogP contribution >= 0.6 is 0 Å². The molecule has 2 aromatic rings. The number of nitro groups is 1. The summed E-state index contributed by atoms with van der Waals surface area (Å²) in [5.74, 6) is -4.71. The Kier molecular flexibility index (Phi) is 7.20. The smallest absolute Gasteiger partial charge is 0.330 e. The first-order chi connectivity index (χ1) is 16.1. The van der Waals surface area contributed by atoms with Gasteiger partial charge in [0.25, 0.3) is 11.6 Å². The van der Waals surface area contributed by atoms with Crippen LogP contribution in [0.15, 0.2) is 70.9 Å². The van der Waals surface area contributed by atoms with E-state index >= 15 is 0 Å². The third kappa shape index (κ3) is 4.85. The van der Waals surface area contributed by atoms with E-state index in [9.17, 15) is 29.6 Å².